The van der Waals surface area contributed by atoms with Gasteiger partial charge in [0.1, 0.15) is 0 Å². The maximum absolute atomic E-state index is 3.73. The molecule has 114 valence electrons. The molecule has 0 aromatic rings. The first kappa shape index (κ1) is 17.0. The fraction of sp³-hybridized carbons (Fsp3) is 1.00. The first-order valence-corrected chi connectivity index (χ1v) is 8.38. The van der Waals surface area contributed by atoms with Gasteiger partial charge < -0.3 is 5.32 Å². The molecule has 0 heterocycles. The van der Waals surface area contributed by atoms with Gasteiger partial charge in [-0.25, -0.2) is 0 Å². The molecule has 1 heteroatoms. The smallest absolute Gasteiger partial charge is 0.00104 e. The molecule has 0 aromatic heterocycles. The monoisotopic (exact) mass is 267 g/mol. The van der Waals surface area contributed by atoms with Gasteiger partial charge in [0.2, 0.25) is 0 Å². The Morgan fingerprint density at radius 2 is 1.58 bits per heavy atom. The molecule has 0 bridgehead atoms. The van der Waals surface area contributed by atoms with Crippen LogP contribution in [-0.4, -0.2) is 13.1 Å². The van der Waals surface area contributed by atoms with Crippen molar-refractivity contribution < 1.29 is 0 Å². The molecule has 0 spiro atoms. The third kappa shape index (κ3) is 4.77. The van der Waals surface area contributed by atoms with Crippen molar-refractivity contribution in [2.24, 2.45) is 28.6 Å². The number of hydrogen-bond donors (Lipinski definition) is 1. The lowest BCUT2D eigenvalue weighted by molar-refractivity contribution is 0.0508. The summed E-state index contributed by atoms with van der Waals surface area (Å²) in [5, 5.41) is 3.73. The zero-order valence-electron chi connectivity index (χ0n) is 14.5. The maximum Gasteiger partial charge on any atom is 0.00104 e. The molecule has 0 aliphatic heterocycles. The average Bonchev–Trinajstić information content (AvgIpc) is 2.27. The molecule has 1 saturated carbocycles. The van der Waals surface area contributed by atoms with Crippen molar-refractivity contribution in [3.05, 3.63) is 0 Å². The lowest BCUT2D eigenvalue weighted by atomic mass is 9.60. The SMILES string of the molecule is CC(C)CNCC1(C(C)C)CCC(C(C)(C)C)CC1. The molecule has 1 aliphatic carbocycles. The third-order valence-corrected chi connectivity index (χ3v) is 5.46. The van der Waals surface area contributed by atoms with Crippen molar-refractivity contribution in [2.45, 2.75) is 74.1 Å². The predicted octanol–water partition coefficient (Wildman–Crippen LogP) is 5.11. The van der Waals surface area contributed by atoms with Crippen molar-refractivity contribution in [3.8, 4) is 0 Å². The van der Waals surface area contributed by atoms with E-state index in [-0.39, 0.29) is 0 Å². The van der Waals surface area contributed by atoms with Gasteiger partial charge in [0.15, 0.2) is 0 Å². The van der Waals surface area contributed by atoms with Gasteiger partial charge in [0.25, 0.3) is 0 Å². The minimum Gasteiger partial charge on any atom is -0.316 e. The Labute approximate surface area is 121 Å². The summed E-state index contributed by atoms with van der Waals surface area (Å²) in [7, 11) is 0. The van der Waals surface area contributed by atoms with Gasteiger partial charge in [-0.2, -0.15) is 0 Å². The second-order valence-electron chi connectivity index (χ2n) is 8.68. The first-order valence-electron chi connectivity index (χ1n) is 8.38. The van der Waals surface area contributed by atoms with Crippen LogP contribution in [0.5, 0.6) is 0 Å². The summed E-state index contributed by atoms with van der Waals surface area (Å²) in [5.74, 6) is 2.48. The van der Waals surface area contributed by atoms with Crippen molar-refractivity contribution in [2.75, 3.05) is 13.1 Å². The molecule has 1 fully saturated rings. The Morgan fingerprint density at radius 1 is 1.05 bits per heavy atom. The fourth-order valence-electron chi connectivity index (χ4n) is 3.63. The summed E-state index contributed by atoms with van der Waals surface area (Å²) in [6.07, 6.45) is 5.67. The largest absolute Gasteiger partial charge is 0.316 e. The molecule has 1 aliphatic rings. The second-order valence-corrected chi connectivity index (χ2v) is 8.68. The summed E-state index contributed by atoms with van der Waals surface area (Å²) < 4.78 is 0. The first-order chi connectivity index (χ1) is 8.67. The molecular formula is C18H37N. The minimum absolute atomic E-state index is 0.495. The van der Waals surface area contributed by atoms with Crippen LogP contribution in [0.1, 0.15) is 74.1 Å². The van der Waals surface area contributed by atoms with Gasteiger partial charge in [-0.05, 0) is 60.8 Å². The van der Waals surface area contributed by atoms with E-state index in [1.165, 1.54) is 32.2 Å². The zero-order valence-corrected chi connectivity index (χ0v) is 14.5. The van der Waals surface area contributed by atoms with E-state index in [0.717, 1.165) is 24.3 Å². The fourth-order valence-corrected chi connectivity index (χ4v) is 3.63. The molecule has 0 aromatic carbocycles. The number of nitrogens with one attached hydrogen (secondary N) is 1. The van der Waals surface area contributed by atoms with Crippen LogP contribution in [0.2, 0.25) is 0 Å². The Balaban J connectivity index is 2.56. The Bertz CT molecular complexity index is 251. The van der Waals surface area contributed by atoms with Gasteiger partial charge in [0.05, 0.1) is 0 Å². The molecular weight excluding hydrogens is 230 g/mol. The highest BCUT2D eigenvalue weighted by atomic mass is 14.9. The lowest BCUT2D eigenvalue weighted by Gasteiger charge is -2.47. The topological polar surface area (TPSA) is 12.0 Å². The van der Waals surface area contributed by atoms with E-state index in [9.17, 15) is 0 Å². The summed E-state index contributed by atoms with van der Waals surface area (Å²) in [4.78, 5) is 0. The predicted molar refractivity (Wildman–Crippen MR) is 86.4 cm³/mol. The average molecular weight is 268 g/mol. The van der Waals surface area contributed by atoms with E-state index in [2.05, 4.69) is 53.8 Å². The van der Waals surface area contributed by atoms with E-state index in [0.29, 0.717) is 10.8 Å². The van der Waals surface area contributed by atoms with E-state index >= 15 is 0 Å². The molecule has 0 saturated heterocycles. The molecule has 0 unspecified atom stereocenters. The summed E-state index contributed by atoms with van der Waals surface area (Å²) in [6.45, 7) is 19.1. The lowest BCUT2D eigenvalue weighted by Crippen LogP contribution is -2.43. The van der Waals surface area contributed by atoms with E-state index in [4.69, 9.17) is 0 Å². The van der Waals surface area contributed by atoms with Crippen molar-refractivity contribution in [3.63, 3.8) is 0 Å². The molecule has 1 N–H and O–H groups in total. The van der Waals surface area contributed by atoms with Crippen molar-refractivity contribution >= 4 is 0 Å². The van der Waals surface area contributed by atoms with Crippen LogP contribution in [0, 0.1) is 28.6 Å². The normalized spacial score (nSPS) is 29.2. The quantitative estimate of drug-likeness (QED) is 0.730. The van der Waals surface area contributed by atoms with Crippen LogP contribution in [-0.2, 0) is 0 Å². The van der Waals surface area contributed by atoms with E-state index < -0.39 is 0 Å². The highest BCUT2D eigenvalue weighted by molar-refractivity contribution is 4.92. The van der Waals surface area contributed by atoms with Gasteiger partial charge in [-0.3, -0.25) is 0 Å². The van der Waals surface area contributed by atoms with E-state index in [1.54, 1.807) is 0 Å². The van der Waals surface area contributed by atoms with Gasteiger partial charge >= 0.3 is 0 Å². The highest BCUT2D eigenvalue weighted by Crippen LogP contribution is 2.48. The molecule has 19 heavy (non-hydrogen) atoms. The number of hydrogen-bond acceptors (Lipinski definition) is 1. The van der Waals surface area contributed by atoms with Gasteiger partial charge in [-0.1, -0.05) is 48.5 Å². The molecule has 0 radical (unpaired) electrons. The van der Waals surface area contributed by atoms with Crippen LogP contribution in [0.3, 0.4) is 0 Å². The van der Waals surface area contributed by atoms with Crippen LogP contribution in [0.15, 0.2) is 0 Å². The Kier molecular flexibility index (Phi) is 5.92. The molecule has 1 nitrogen and oxygen atoms in total. The zero-order chi connectivity index (χ0) is 14.7. The summed E-state index contributed by atoms with van der Waals surface area (Å²) in [6, 6.07) is 0. The second kappa shape index (κ2) is 6.61. The standard InChI is InChI=1S/C18H37N/c1-14(2)12-19-13-18(15(3)4)10-8-16(9-11-18)17(5,6)7/h14-16,19H,8-13H2,1-7H3. The van der Waals surface area contributed by atoms with Crippen molar-refractivity contribution in [1.82, 2.24) is 5.32 Å². The molecule has 0 amide bonds. The summed E-state index contributed by atoms with van der Waals surface area (Å²) in [5.41, 5.74) is 1.05. The Morgan fingerprint density at radius 3 is 1.95 bits per heavy atom. The van der Waals surface area contributed by atoms with Gasteiger partial charge in [-0.15, -0.1) is 0 Å². The third-order valence-electron chi connectivity index (χ3n) is 5.46. The Hall–Kier alpha value is -0.0400. The van der Waals surface area contributed by atoms with E-state index in [1.807, 2.05) is 0 Å². The summed E-state index contributed by atoms with van der Waals surface area (Å²) >= 11 is 0. The highest BCUT2D eigenvalue weighted by Gasteiger charge is 2.40. The van der Waals surface area contributed by atoms with Crippen LogP contribution in [0.25, 0.3) is 0 Å². The van der Waals surface area contributed by atoms with Gasteiger partial charge in [0, 0.05) is 6.54 Å². The maximum atomic E-state index is 3.73. The van der Waals surface area contributed by atoms with Crippen LogP contribution >= 0.6 is 0 Å². The number of rotatable bonds is 5. The minimum atomic E-state index is 0.495. The van der Waals surface area contributed by atoms with Crippen LogP contribution in [0.4, 0.5) is 0 Å². The molecule has 0 atom stereocenters. The van der Waals surface area contributed by atoms with Crippen LogP contribution < -0.4 is 5.32 Å². The molecule has 1 rings (SSSR count). The van der Waals surface area contributed by atoms with Crippen molar-refractivity contribution in [1.29, 1.82) is 0 Å².